The summed E-state index contributed by atoms with van der Waals surface area (Å²) >= 11 is 0. The van der Waals surface area contributed by atoms with Gasteiger partial charge in [-0.1, -0.05) is 0 Å². The van der Waals surface area contributed by atoms with Crippen LogP contribution in [0.25, 0.3) is 0 Å². The van der Waals surface area contributed by atoms with Gasteiger partial charge in [-0.15, -0.1) is 0 Å². The Hall–Kier alpha value is -2.41. The molecule has 0 fully saturated rings. The van der Waals surface area contributed by atoms with Crippen LogP contribution in [0.4, 0.5) is 0 Å². The molecule has 0 atom stereocenters. The maximum Gasteiger partial charge on any atom is 0.301 e. The Bertz CT molecular complexity index is 672. The summed E-state index contributed by atoms with van der Waals surface area (Å²) < 4.78 is 6.53. The number of nitrogens with one attached hydrogen (secondary N) is 1. The molecule has 0 bridgehead atoms. The number of furan rings is 1. The minimum atomic E-state index is -0.536. The van der Waals surface area contributed by atoms with Gasteiger partial charge in [-0.25, -0.2) is 10.8 Å². The standard InChI is InChI=1S/C12H14N4O3/c1-7-5-10(17)16(8(2)14-7)6-9-3-4-19-11(9)12(18)15-13/h3-5H,6,13H2,1-2H3,(H,15,18). The second-order valence-electron chi connectivity index (χ2n) is 4.12. The predicted molar refractivity (Wildman–Crippen MR) is 67.4 cm³/mol. The molecule has 0 aliphatic rings. The molecule has 0 aliphatic carbocycles. The minimum absolute atomic E-state index is 0.0920. The fourth-order valence-corrected chi connectivity index (χ4v) is 1.85. The van der Waals surface area contributed by atoms with Crippen molar-refractivity contribution in [1.29, 1.82) is 0 Å². The molecule has 100 valence electrons. The fourth-order valence-electron chi connectivity index (χ4n) is 1.85. The molecule has 7 nitrogen and oxygen atoms in total. The number of nitrogen functional groups attached to an aromatic ring is 1. The third-order valence-electron chi connectivity index (χ3n) is 2.74. The molecule has 2 heterocycles. The summed E-state index contributed by atoms with van der Waals surface area (Å²) in [6.07, 6.45) is 1.38. The Morgan fingerprint density at radius 2 is 2.26 bits per heavy atom. The monoisotopic (exact) mass is 262 g/mol. The van der Waals surface area contributed by atoms with Gasteiger partial charge in [0.2, 0.25) is 0 Å². The number of nitrogens with zero attached hydrogens (tertiary/aromatic N) is 2. The third kappa shape index (κ3) is 2.55. The molecule has 2 rings (SSSR count). The van der Waals surface area contributed by atoms with Crippen LogP contribution in [0.2, 0.25) is 0 Å². The van der Waals surface area contributed by atoms with Crippen LogP contribution < -0.4 is 16.8 Å². The van der Waals surface area contributed by atoms with Crippen molar-refractivity contribution in [2.45, 2.75) is 20.4 Å². The Labute approximate surface area is 109 Å². The first-order valence-electron chi connectivity index (χ1n) is 5.65. The van der Waals surface area contributed by atoms with Crippen LogP contribution in [-0.4, -0.2) is 15.5 Å². The number of rotatable bonds is 3. The van der Waals surface area contributed by atoms with Crippen molar-refractivity contribution in [3.05, 3.63) is 51.6 Å². The highest BCUT2D eigenvalue weighted by Gasteiger charge is 2.15. The number of aryl methyl sites for hydroxylation is 2. The molecule has 7 heteroatoms. The Morgan fingerprint density at radius 1 is 1.53 bits per heavy atom. The number of hydrazine groups is 1. The van der Waals surface area contributed by atoms with E-state index in [1.807, 2.05) is 5.43 Å². The lowest BCUT2D eigenvalue weighted by Crippen LogP contribution is -2.31. The SMILES string of the molecule is Cc1cc(=O)n(Cc2ccoc2C(=O)NN)c(C)n1. The predicted octanol–water partition coefficient (Wildman–Crippen LogP) is 0.105. The van der Waals surface area contributed by atoms with E-state index < -0.39 is 5.91 Å². The van der Waals surface area contributed by atoms with E-state index in [4.69, 9.17) is 10.3 Å². The van der Waals surface area contributed by atoms with Crippen LogP contribution >= 0.6 is 0 Å². The molecule has 19 heavy (non-hydrogen) atoms. The summed E-state index contributed by atoms with van der Waals surface area (Å²) in [4.78, 5) is 27.6. The van der Waals surface area contributed by atoms with E-state index >= 15 is 0 Å². The summed E-state index contributed by atoms with van der Waals surface area (Å²) in [5.74, 6) is 5.19. The Morgan fingerprint density at radius 3 is 2.89 bits per heavy atom. The first kappa shape index (κ1) is 13.0. The van der Waals surface area contributed by atoms with Crippen molar-refractivity contribution in [3.63, 3.8) is 0 Å². The van der Waals surface area contributed by atoms with E-state index in [-0.39, 0.29) is 17.9 Å². The second-order valence-corrected chi connectivity index (χ2v) is 4.12. The molecular formula is C12H14N4O3. The van der Waals surface area contributed by atoms with Crippen molar-refractivity contribution in [2.75, 3.05) is 0 Å². The van der Waals surface area contributed by atoms with E-state index in [0.29, 0.717) is 17.1 Å². The largest absolute Gasteiger partial charge is 0.459 e. The zero-order valence-corrected chi connectivity index (χ0v) is 10.6. The molecule has 0 saturated carbocycles. The molecular weight excluding hydrogens is 248 g/mol. The van der Waals surface area contributed by atoms with Gasteiger partial charge in [-0.2, -0.15) is 0 Å². The van der Waals surface area contributed by atoms with Crippen molar-refractivity contribution in [2.24, 2.45) is 5.84 Å². The zero-order valence-electron chi connectivity index (χ0n) is 10.6. The van der Waals surface area contributed by atoms with Crippen molar-refractivity contribution >= 4 is 5.91 Å². The van der Waals surface area contributed by atoms with Crippen molar-refractivity contribution < 1.29 is 9.21 Å². The number of amides is 1. The summed E-state index contributed by atoms with van der Waals surface area (Å²) in [6, 6.07) is 3.06. The highest BCUT2D eigenvalue weighted by Crippen LogP contribution is 2.12. The first-order valence-corrected chi connectivity index (χ1v) is 5.65. The summed E-state index contributed by atoms with van der Waals surface area (Å²) in [6.45, 7) is 3.69. The topological polar surface area (TPSA) is 103 Å². The molecule has 2 aromatic heterocycles. The Kier molecular flexibility index (Phi) is 3.48. The smallest absolute Gasteiger partial charge is 0.301 e. The van der Waals surface area contributed by atoms with E-state index in [1.165, 1.54) is 16.9 Å². The van der Waals surface area contributed by atoms with Gasteiger partial charge in [-0.3, -0.25) is 19.6 Å². The molecule has 2 aromatic rings. The second kappa shape index (κ2) is 5.07. The van der Waals surface area contributed by atoms with Gasteiger partial charge in [0.1, 0.15) is 5.82 Å². The maximum atomic E-state index is 11.9. The number of nitrogens with two attached hydrogens (primary N) is 1. The Balaban J connectivity index is 2.40. The van der Waals surface area contributed by atoms with Crippen LogP contribution in [0, 0.1) is 13.8 Å². The van der Waals surface area contributed by atoms with E-state index in [0.717, 1.165) is 0 Å². The number of carbonyl (C=O) groups is 1. The number of aromatic nitrogens is 2. The lowest BCUT2D eigenvalue weighted by Gasteiger charge is -2.09. The van der Waals surface area contributed by atoms with Crippen LogP contribution in [0.5, 0.6) is 0 Å². The first-order chi connectivity index (χ1) is 9.02. The van der Waals surface area contributed by atoms with Gasteiger partial charge in [-0.05, 0) is 19.9 Å². The minimum Gasteiger partial charge on any atom is -0.459 e. The summed E-state index contributed by atoms with van der Waals surface area (Å²) in [5, 5.41) is 0. The van der Waals surface area contributed by atoms with Crippen LogP contribution in [0.1, 0.15) is 27.6 Å². The normalized spacial score (nSPS) is 10.5. The van der Waals surface area contributed by atoms with Crippen LogP contribution in [-0.2, 0) is 6.54 Å². The van der Waals surface area contributed by atoms with E-state index in [9.17, 15) is 9.59 Å². The van der Waals surface area contributed by atoms with E-state index in [1.54, 1.807) is 19.9 Å². The maximum absolute atomic E-state index is 11.9. The third-order valence-corrected chi connectivity index (χ3v) is 2.74. The van der Waals surface area contributed by atoms with Crippen LogP contribution in [0.3, 0.4) is 0 Å². The van der Waals surface area contributed by atoms with E-state index in [2.05, 4.69) is 4.98 Å². The van der Waals surface area contributed by atoms with Gasteiger partial charge in [0.25, 0.3) is 5.56 Å². The van der Waals surface area contributed by atoms with Crippen LogP contribution in [0.15, 0.2) is 27.6 Å². The highest BCUT2D eigenvalue weighted by atomic mass is 16.3. The number of hydrogen-bond acceptors (Lipinski definition) is 5. The average molecular weight is 262 g/mol. The van der Waals surface area contributed by atoms with Crippen molar-refractivity contribution in [1.82, 2.24) is 15.0 Å². The highest BCUT2D eigenvalue weighted by molar-refractivity contribution is 5.92. The molecule has 1 amide bonds. The number of hydrogen-bond donors (Lipinski definition) is 2. The summed E-state index contributed by atoms with van der Waals surface area (Å²) in [7, 11) is 0. The zero-order chi connectivity index (χ0) is 14.0. The molecule has 0 spiro atoms. The molecule has 0 unspecified atom stereocenters. The lowest BCUT2D eigenvalue weighted by atomic mass is 10.2. The van der Waals surface area contributed by atoms with Gasteiger partial charge >= 0.3 is 5.91 Å². The molecule has 0 aliphatic heterocycles. The van der Waals surface area contributed by atoms with Gasteiger partial charge in [0, 0.05) is 17.3 Å². The average Bonchev–Trinajstić information content (AvgIpc) is 2.80. The van der Waals surface area contributed by atoms with Crippen molar-refractivity contribution in [3.8, 4) is 0 Å². The van der Waals surface area contributed by atoms with Gasteiger partial charge < -0.3 is 4.42 Å². The molecule has 0 radical (unpaired) electrons. The molecule has 0 saturated heterocycles. The summed E-state index contributed by atoms with van der Waals surface area (Å²) in [5.41, 5.74) is 3.05. The van der Waals surface area contributed by atoms with Gasteiger partial charge in [0.15, 0.2) is 5.76 Å². The molecule has 0 aromatic carbocycles. The lowest BCUT2D eigenvalue weighted by molar-refractivity contribution is 0.0924. The quantitative estimate of drug-likeness (QED) is 0.464. The fraction of sp³-hybridized carbons (Fsp3) is 0.250. The number of carbonyl (C=O) groups excluding carboxylic acids is 1. The molecule has 3 N–H and O–H groups in total. The van der Waals surface area contributed by atoms with Gasteiger partial charge in [0.05, 0.1) is 12.8 Å².